The van der Waals surface area contributed by atoms with Crippen LogP contribution in [0.25, 0.3) is 0 Å². The van der Waals surface area contributed by atoms with Crippen molar-refractivity contribution in [2.45, 2.75) is 19.4 Å². The van der Waals surface area contributed by atoms with Gasteiger partial charge in [-0.15, -0.1) is 0 Å². The summed E-state index contributed by atoms with van der Waals surface area (Å²) in [6, 6.07) is 12.0. The summed E-state index contributed by atoms with van der Waals surface area (Å²) >= 11 is 16.0. The first-order valence-electron chi connectivity index (χ1n) is 6.39. The fraction of sp³-hybridized carbons (Fsp3) is 0.250. The number of halogens is 3. The van der Waals surface area contributed by atoms with Gasteiger partial charge in [0, 0.05) is 20.6 Å². The lowest BCUT2D eigenvalue weighted by atomic mass is 9.97. The highest BCUT2D eigenvalue weighted by atomic mass is 79.9. The maximum Gasteiger partial charge on any atom is 0.0439 e. The summed E-state index contributed by atoms with van der Waals surface area (Å²) in [5.41, 5.74) is 3.50. The molecule has 106 valence electrons. The van der Waals surface area contributed by atoms with Gasteiger partial charge >= 0.3 is 0 Å². The molecule has 0 aromatic heterocycles. The van der Waals surface area contributed by atoms with Crippen molar-refractivity contribution in [1.82, 2.24) is 5.32 Å². The molecule has 1 atom stereocenters. The molecular formula is C16H16BrCl2N. The van der Waals surface area contributed by atoms with Gasteiger partial charge in [0.25, 0.3) is 0 Å². The molecule has 1 nitrogen and oxygen atoms in total. The van der Waals surface area contributed by atoms with Crippen molar-refractivity contribution in [3.05, 3.63) is 67.6 Å². The molecule has 0 saturated heterocycles. The van der Waals surface area contributed by atoms with Crippen LogP contribution in [0.3, 0.4) is 0 Å². The minimum absolute atomic E-state index is 0.181. The Kier molecular flexibility index (Phi) is 5.50. The summed E-state index contributed by atoms with van der Waals surface area (Å²) in [6.45, 7) is 2.09. The number of hydrogen-bond donors (Lipinski definition) is 1. The smallest absolute Gasteiger partial charge is 0.0439 e. The van der Waals surface area contributed by atoms with Crippen LogP contribution in [0.4, 0.5) is 0 Å². The molecule has 0 saturated carbocycles. The maximum absolute atomic E-state index is 6.26. The molecule has 0 fully saturated rings. The van der Waals surface area contributed by atoms with Crippen LogP contribution in [0.15, 0.2) is 40.9 Å². The zero-order valence-corrected chi connectivity index (χ0v) is 14.5. The summed E-state index contributed by atoms with van der Waals surface area (Å²) in [5, 5.41) is 4.81. The van der Waals surface area contributed by atoms with E-state index < -0.39 is 0 Å². The number of benzene rings is 2. The molecule has 1 N–H and O–H groups in total. The average molecular weight is 373 g/mol. The van der Waals surface area contributed by atoms with Gasteiger partial charge in [-0.05, 0) is 55.3 Å². The quantitative estimate of drug-likeness (QED) is 0.739. The van der Waals surface area contributed by atoms with E-state index in [1.165, 1.54) is 11.1 Å². The highest BCUT2D eigenvalue weighted by Gasteiger charge is 2.16. The fourth-order valence-electron chi connectivity index (χ4n) is 2.23. The second-order valence-corrected chi connectivity index (χ2v) is 6.40. The molecule has 0 amide bonds. The molecule has 0 aliphatic rings. The summed E-state index contributed by atoms with van der Waals surface area (Å²) in [6.07, 6.45) is 0.790. The van der Waals surface area contributed by atoms with Gasteiger partial charge in [-0.25, -0.2) is 0 Å². The van der Waals surface area contributed by atoms with Crippen LogP contribution in [0, 0.1) is 6.92 Å². The normalized spacial score (nSPS) is 12.4. The molecule has 0 bridgehead atoms. The average Bonchev–Trinajstić information content (AvgIpc) is 2.43. The van der Waals surface area contributed by atoms with Crippen LogP contribution >= 0.6 is 39.1 Å². The molecule has 0 heterocycles. The van der Waals surface area contributed by atoms with E-state index in [1.807, 2.05) is 25.2 Å². The monoisotopic (exact) mass is 371 g/mol. The molecule has 20 heavy (non-hydrogen) atoms. The molecule has 0 spiro atoms. The van der Waals surface area contributed by atoms with Crippen molar-refractivity contribution in [3.8, 4) is 0 Å². The predicted octanol–water partition coefficient (Wildman–Crippen LogP) is 5.57. The van der Waals surface area contributed by atoms with Gasteiger partial charge in [-0.1, -0.05) is 57.3 Å². The fourth-order valence-corrected chi connectivity index (χ4v) is 3.16. The Bertz CT molecular complexity index is 613. The lowest BCUT2D eigenvalue weighted by Gasteiger charge is -2.20. The Labute approximate surface area is 138 Å². The Hall–Kier alpha value is -0.540. The number of aryl methyl sites for hydroxylation is 1. The molecule has 2 rings (SSSR count). The van der Waals surface area contributed by atoms with Crippen LogP contribution in [0.2, 0.25) is 10.0 Å². The summed E-state index contributed by atoms with van der Waals surface area (Å²) in [4.78, 5) is 0. The Morgan fingerprint density at radius 1 is 1.20 bits per heavy atom. The van der Waals surface area contributed by atoms with E-state index in [0.29, 0.717) is 5.02 Å². The van der Waals surface area contributed by atoms with Crippen molar-refractivity contribution >= 4 is 39.1 Å². The predicted molar refractivity (Wildman–Crippen MR) is 90.8 cm³/mol. The maximum atomic E-state index is 6.26. The minimum Gasteiger partial charge on any atom is -0.313 e. The Balaban J connectivity index is 2.34. The number of hydrogen-bond acceptors (Lipinski definition) is 1. The first-order chi connectivity index (χ1) is 9.52. The number of rotatable bonds is 4. The minimum atomic E-state index is 0.181. The third-order valence-electron chi connectivity index (χ3n) is 3.38. The van der Waals surface area contributed by atoms with E-state index in [2.05, 4.69) is 46.4 Å². The van der Waals surface area contributed by atoms with Crippen molar-refractivity contribution in [1.29, 1.82) is 0 Å². The van der Waals surface area contributed by atoms with Crippen LogP contribution < -0.4 is 5.32 Å². The molecule has 2 aromatic rings. The Morgan fingerprint density at radius 2 is 1.95 bits per heavy atom. The lowest BCUT2D eigenvalue weighted by Crippen LogP contribution is -2.19. The zero-order valence-electron chi connectivity index (χ0n) is 11.4. The lowest BCUT2D eigenvalue weighted by molar-refractivity contribution is 0.589. The third kappa shape index (κ3) is 3.56. The molecule has 0 aliphatic carbocycles. The zero-order chi connectivity index (χ0) is 14.7. The van der Waals surface area contributed by atoms with E-state index in [9.17, 15) is 0 Å². The van der Waals surface area contributed by atoms with Crippen molar-refractivity contribution in [2.75, 3.05) is 7.05 Å². The van der Waals surface area contributed by atoms with E-state index in [1.54, 1.807) is 0 Å². The standard InChI is InChI=1S/C16H16BrCl2N/c1-10-4-3-5-13(16(10)17)15(20-2)9-11-8-12(18)6-7-14(11)19/h3-8,15,20H,9H2,1-2H3. The van der Waals surface area contributed by atoms with Crippen LogP contribution in [-0.2, 0) is 6.42 Å². The van der Waals surface area contributed by atoms with Crippen molar-refractivity contribution in [2.24, 2.45) is 0 Å². The number of likely N-dealkylation sites (N-methyl/N-ethyl adjacent to an activating group) is 1. The van der Waals surface area contributed by atoms with Gasteiger partial charge < -0.3 is 5.32 Å². The third-order valence-corrected chi connectivity index (χ3v) is 5.06. The summed E-state index contributed by atoms with van der Waals surface area (Å²) in [5.74, 6) is 0. The van der Waals surface area contributed by atoms with E-state index >= 15 is 0 Å². The molecule has 1 unspecified atom stereocenters. The summed E-state index contributed by atoms with van der Waals surface area (Å²) in [7, 11) is 1.96. The number of nitrogens with one attached hydrogen (secondary N) is 1. The summed E-state index contributed by atoms with van der Waals surface area (Å²) < 4.78 is 1.14. The van der Waals surface area contributed by atoms with Gasteiger partial charge in [0.05, 0.1) is 0 Å². The second-order valence-electron chi connectivity index (χ2n) is 4.76. The van der Waals surface area contributed by atoms with Gasteiger partial charge in [0.1, 0.15) is 0 Å². The second kappa shape index (κ2) is 6.95. The van der Waals surface area contributed by atoms with Crippen LogP contribution in [-0.4, -0.2) is 7.05 Å². The molecule has 4 heteroatoms. The van der Waals surface area contributed by atoms with Gasteiger partial charge in [-0.2, -0.15) is 0 Å². The van der Waals surface area contributed by atoms with Crippen LogP contribution in [0.1, 0.15) is 22.7 Å². The molecule has 0 radical (unpaired) electrons. The van der Waals surface area contributed by atoms with Gasteiger partial charge in [0.15, 0.2) is 0 Å². The molecule has 0 aliphatic heterocycles. The Morgan fingerprint density at radius 3 is 2.65 bits per heavy atom. The molecular weight excluding hydrogens is 357 g/mol. The molecule has 2 aromatic carbocycles. The van der Waals surface area contributed by atoms with Gasteiger partial charge in [-0.3, -0.25) is 0 Å². The highest BCUT2D eigenvalue weighted by molar-refractivity contribution is 9.10. The topological polar surface area (TPSA) is 12.0 Å². The van der Waals surface area contributed by atoms with E-state index in [0.717, 1.165) is 21.5 Å². The van der Waals surface area contributed by atoms with E-state index in [-0.39, 0.29) is 6.04 Å². The SMILES string of the molecule is CNC(Cc1cc(Cl)ccc1Cl)c1cccc(C)c1Br. The van der Waals surface area contributed by atoms with Gasteiger partial charge in [0.2, 0.25) is 0 Å². The first kappa shape index (κ1) is 15.8. The highest BCUT2D eigenvalue weighted by Crippen LogP contribution is 2.31. The van der Waals surface area contributed by atoms with Crippen LogP contribution in [0.5, 0.6) is 0 Å². The largest absolute Gasteiger partial charge is 0.313 e. The first-order valence-corrected chi connectivity index (χ1v) is 7.94. The van der Waals surface area contributed by atoms with E-state index in [4.69, 9.17) is 23.2 Å². The van der Waals surface area contributed by atoms with Crippen molar-refractivity contribution in [3.63, 3.8) is 0 Å². The van der Waals surface area contributed by atoms with Crippen molar-refractivity contribution < 1.29 is 0 Å².